The molecule has 2 aliphatic rings. The van der Waals surface area contributed by atoms with Crippen molar-refractivity contribution in [1.82, 2.24) is 0 Å². The number of hydrogen-bond donors (Lipinski definition) is 8. The van der Waals surface area contributed by atoms with E-state index in [1.807, 2.05) is 45.2 Å². The fourth-order valence-electron chi connectivity index (χ4n) is 3.28. The van der Waals surface area contributed by atoms with E-state index in [4.69, 9.17) is 18.9 Å². The largest absolute Gasteiger partial charge is 0.461 e. The summed E-state index contributed by atoms with van der Waals surface area (Å²) in [5.74, 6) is 0.326. The molecule has 1 aromatic carbocycles. The Morgan fingerprint density at radius 2 is 1.16 bits per heavy atom. The van der Waals surface area contributed by atoms with Crippen LogP contribution >= 0.6 is 45.2 Å². The van der Waals surface area contributed by atoms with E-state index in [0.29, 0.717) is 7.14 Å². The number of benzene rings is 1. The van der Waals surface area contributed by atoms with Crippen molar-refractivity contribution >= 4 is 45.2 Å². The first kappa shape index (κ1) is 26.5. The predicted octanol–water partition coefficient (Wildman–Crippen LogP) is -2.75. The van der Waals surface area contributed by atoms with Crippen molar-refractivity contribution in [2.45, 2.75) is 61.4 Å². The Kier molecular flexibility index (Phi) is 9.17. The molecule has 0 spiro atoms. The molecule has 2 fully saturated rings. The van der Waals surface area contributed by atoms with Crippen LogP contribution in [0.5, 0.6) is 11.5 Å². The van der Waals surface area contributed by atoms with Gasteiger partial charge in [0.15, 0.2) is 5.75 Å². The van der Waals surface area contributed by atoms with Gasteiger partial charge in [-0.25, -0.2) is 0 Å². The zero-order valence-electron chi connectivity index (χ0n) is 16.3. The van der Waals surface area contributed by atoms with Gasteiger partial charge >= 0.3 is 0 Å². The maximum atomic E-state index is 10.2. The lowest BCUT2D eigenvalue weighted by atomic mass is 9.99. The highest BCUT2D eigenvalue weighted by Crippen LogP contribution is 2.38. The van der Waals surface area contributed by atoms with Gasteiger partial charge in [-0.1, -0.05) is 0 Å². The first-order chi connectivity index (χ1) is 15.1. The maximum absolute atomic E-state index is 10.2. The van der Waals surface area contributed by atoms with Crippen LogP contribution in [0.25, 0.3) is 0 Å². The minimum Gasteiger partial charge on any atom is -0.461 e. The molecule has 10 atom stereocenters. The molecule has 0 aliphatic carbocycles. The monoisotopic (exact) mass is 686 g/mol. The first-order valence-electron chi connectivity index (χ1n) is 9.53. The summed E-state index contributed by atoms with van der Waals surface area (Å²) in [4.78, 5) is 0. The topological polar surface area (TPSA) is 199 Å². The van der Waals surface area contributed by atoms with Gasteiger partial charge in [-0.3, -0.25) is 0 Å². The molecule has 0 aromatic heterocycles. The number of hydrogen-bond acceptors (Lipinski definition) is 12. The van der Waals surface area contributed by atoms with Crippen LogP contribution < -0.4 is 9.47 Å². The van der Waals surface area contributed by atoms with Gasteiger partial charge in [-0.2, -0.15) is 0 Å². The Morgan fingerprint density at radius 3 is 1.62 bits per heavy atom. The number of ether oxygens (including phenoxy) is 4. The summed E-state index contributed by atoms with van der Waals surface area (Å²) in [7, 11) is 0. The Labute approximate surface area is 209 Å². The molecule has 0 unspecified atom stereocenters. The van der Waals surface area contributed by atoms with Gasteiger partial charge in [0.25, 0.3) is 0 Å². The van der Waals surface area contributed by atoms with Crippen LogP contribution in [0, 0.1) is 7.14 Å². The lowest BCUT2D eigenvalue weighted by Gasteiger charge is -2.40. The fourth-order valence-corrected chi connectivity index (χ4v) is 5.10. The van der Waals surface area contributed by atoms with E-state index < -0.39 is 74.6 Å². The molecule has 0 saturated carbocycles. The second kappa shape index (κ2) is 11.1. The maximum Gasteiger partial charge on any atom is 0.229 e. The molecule has 8 N–H and O–H groups in total. The van der Waals surface area contributed by atoms with Crippen molar-refractivity contribution in [2.24, 2.45) is 0 Å². The number of halogens is 2. The third-order valence-electron chi connectivity index (χ3n) is 5.19. The zero-order chi connectivity index (χ0) is 23.7. The van der Waals surface area contributed by atoms with Gasteiger partial charge in [0, 0.05) is 0 Å². The van der Waals surface area contributed by atoms with Crippen LogP contribution in [0.2, 0.25) is 0 Å². The SMILES string of the molecule is OC[C@H]1O[C@@H](Oc2ccc(I)c(O[C@@H]3O[C@H](CO)[C@@H](O)[C@H](O)[C@H]3O)c2I)[C@H](O)[C@@H](O)[C@@H]1O. The van der Waals surface area contributed by atoms with E-state index >= 15 is 0 Å². The summed E-state index contributed by atoms with van der Waals surface area (Å²) in [6, 6.07) is 3.12. The quantitative estimate of drug-likeness (QED) is 0.144. The van der Waals surface area contributed by atoms with Gasteiger partial charge in [-0.05, 0) is 57.3 Å². The van der Waals surface area contributed by atoms with Crippen LogP contribution in [0.3, 0.4) is 0 Å². The average Bonchev–Trinajstić information content (AvgIpc) is 2.78. The highest BCUT2D eigenvalue weighted by molar-refractivity contribution is 14.1. The lowest BCUT2D eigenvalue weighted by molar-refractivity contribution is -0.279. The Balaban J connectivity index is 1.81. The third kappa shape index (κ3) is 5.25. The van der Waals surface area contributed by atoms with Crippen molar-refractivity contribution in [3.63, 3.8) is 0 Å². The van der Waals surface area contributed by atoms with E-state index in [0.717, 1.165) is 0 Å². The van der Waals surface area contributed by atoms with Crippen LogP contribution in [0.15, 0.2) is 12.1 Å². The highest BCUT2D eigenvalue weighted by Gasteiger charge is 2.46. The van der Waals surface area contributed by atoms with E-state index in [1.54, 1.807) is 6.07 Å². The molecular weight excluding hydrogens is 662 g/mol. The summed E-state index contributed by atoms with van der Waals surface area (Å²) in [6.07, 6.45) is -14.7. The van der Waals surface area contributed by atoms with Gasteiger partial charge in [-0.15, -0.1) is 0 Å². The molecule has 2 heterocycles. The Bertz CT molecular complexity index is 781. The molecule has 3 rings (SSSR count). The number of aliphatic hydroxyl groups excluding tert-OH is 8. The lowest BCUT2D eigenvalue weighted by Crippen LogP contribution is -2.60. The molecule has 0 radical (unpaired) electrons. The van der Waals surface area contributed by atoms with Crippen molar-refractivity contribution in [1.29, 1.82) is 0 Å². The second-order valence-electron chi connectivity index (χ2n) is 7.32. The zero-order valence-corrected chi connectivity index (χ0v) is 20.6. The predicted molar refractivity (Wildman–Crippen MR) is 121 cm³/mol. The van der Waals surface area contributed by atoms with Crippen molar-refractivity contribution in [3.8, 4) is 11.5 Å². The smallest absolute Gasteiger partial charge is 0.229 e. The first-order valence-corrected chi connectivity index (χ1v) is 11.7. The van der Waals surface area contributed by atoms with Crippen molar-refractivity contribution < 1.29 is 59.8 Å². The van der Waals surface area contributed by atoms with Gasteiger partial charge in [0.1, 0.15) is 54.6 Å². The summed E-state index contributed by atoms with van der Waals surface area (Å²) in [6.45, 7) is -1.22. The van der Waals surface area contributed by atoms with E-state index in [2.05, 4.69) is 0 Å². The third-order valence-corrected chi connectivity index (χ3v) is 7.06. The van der Waals surface area contributed by atoms with E-state index in [-0.39, 0.29) is 11.5 Å². The van der Waals surface area contributed by atoms with Gasteiger partial charge in [0.2, 0.25) is 12.6 Å². The van der Waals surface area contributed by atoms with Gasteiger partial charge < -0.3 is 59.8 Å². The van der Waals surface area contributed by atoms with E-state index in [9.17, 15) is 40.9 Å². The van der Waals surface area contributed by atoms with Crippen molar-refractivity contribution in [3.05, 3.63) is 19.3 Å². The molecular formula is C18H24I2O12. The van der Waals surface area contributed by atoms with Crippen molar-refractivity contribution in [2.75, 3.05) is 13.2 Å². The van der Waals surface area contributed by atoms with Crippen LogP contribution in [-0.4, -0.2) is 115 Å². The van der Waals surface area contributed by atoms with E-state index in [1.165, 1.54) is 6.07 Å². The molecule has 12 nitrogen and oxygen atoms in total. The minimum atomic E-state index is -1.62. The Hall–Kier alpha value is -0.120. The molecule has 2 saturated heterocycles. The standard InChI is InChI=1S/C18H24I2O12/c19-5-1-2-6(29-17-14(27)12(25)10(23)7(3-21)30-17)9(20)16(5)32-18-15(28)13(26)11(24)8(4-22)31-18/h1-2,7-8,10-15,17-18,21-28H,3-4H2/t7-,8-,10-,11-,12+,13+,14-,15-,17-,18+/m1/s1. The van der Waals surface area contributed by atoms with Crippen LogP contribution in [0.4, 0.5) is 0 Å². The summed E-state index contributed by atoms with van der Waals surface area (Å²) >= 11 is 3.82. The fraction of sp³-hybridized carbons (Fsp3) is 0.667. The molecule has 2 aliphatic heterocycles. The average molecular weight is 686 g/mol. The molecule has 0 bridgehead atoms. The molecule has 32 heavy (non-hydrogen) atoms. The molecule has 0 amide bonds. The summed E-state index contributed by atoms with van der Waals surface area (Å²) < 4.78 is 23.0. The Morgan fingerprint density at radius 1 is 0.688 bits per heavy atom. The molecule has 1 aromatic rings. The number of aliphatic hydroxyl groups is 8. The van der Waals surface area contributed by atoms with Crippen LogP contribution in [0.1, 0.15) is 0 Å². The normalized spacial score (nSPS) is 40.2. The molecule has 14 heteroatoms. The summed E-state index contributed by atoms with van der Waals surface area (Å²) in [5, 5.41) is 78.8. The molecule has 182 valence electrons. The minimum absolute atomic E-state index is 0.148. The highest BCUT2D eigenvalue weighted by atomic mass is 127. The summed E-state index contributed by atoms with van der Waals surface area (Å²) in [5.41, 5.74) is 0. The van der Waals surface area contributed by atoms with Crippen LogP contribution in [-0.2, 0) is 9.47 Å². The second-order valence-corrected chi connectivity index (χ2v) is 9.56. The number of rotatable bonds is 6. The van der Waals surface area contributed by atoms with Gasteiger partial charge in [0.05, 0.1) is 20.4 Å².